The third-order valence-corrected chi connectivity index (χ3v) is 1.50. The van der Waals surface area contributed by atoms with Crippen molar-refractivity contribution in [3.63, 3.8) is 0 Å². The molecule has 1 N–H and O–H groups in total. The van der Waals surface area contributed by atoms with E-state index in [9.17, 15) is 22.8 Å². The number of Topliss-reactive ketones (excluding diaryl/α,β-unsaturated/α-hetero) is 1. The van der Waals surface area contributed by atoms with Crippen molar-refractivity contribution in [1.29, 1.82) is 0 Å². The molecule has 0 saturated heterocycles. The van der Waals surface area contributed by atoms with Gasteiger partial charge in [-0.1, -0.05) is 6.92 Å². The molecule has 0 aromatic rings. The van der Waals surface area contributed by atoms with Crippen LogP contribution in [0.5, 0.6) is 0 Å². The number of nitrogens with one attached hydrogen (secondary N) is 1. The molecular weight excluding hydrogens is 199 g/mol. The first kappa shape index (κ1) is 12.9. The maximum atomic E-state index is 11.8. The average molecular weight is 211 g/mol. The topological polar surface area (TPSA) is 46.2 Å². The Morgan fingerprint density at radius 2 is 1.86 bits per heavy atom. The number of rotatable bonds is 4. The average Bonchev–Trinajstić information content (AvgIpc) is 1.96. The number of alkyl halides is 3. The third-order valence-electron chi connectivity index (χ3n) is 1.50. The molecule has 0 aliphatic heterocycles. The molecule has 0 aliphatic rings. The molecular formula is C8H12F3NO2. The lowest BCUT2D eigenvalue weighted by Gasteiger charge is -2.13. The van der Waals surface area contributed by atoms with Crippen LogP contribution in [0.1, 0.15) is 20.3 Å². The van der Waals surface area contributed by atoms with E-state index in [1.54, 1.807) is 0 Å². The third kappa shape index (κ3) is 6.45. The van der Waals surface area contributed by atoms with E-state index in [0.717, 1.165) is 0 Å². The number of carbonyl (C=O) groups is 2. The highest BCUT2D eigenvalue weighted by atomic mass is 19.4. The van der Waals surface area contributed by atoms with Crippen molar-refractivity contribution in [2.45, 2.75) is 26.4 Å². The molecule has 0 radical (unpaired) electrons. The summed E-state index contributed by atoms with van der Waals surface area (Å²) in [6.07, 6.45) is -5.52. The number of halogens is 3. The van der Waals surface area contributed by atoms with Crippen LogP contribution < -0.4 is 5.32 Å². The van der Waals surface area contributed by atoms with Crippen molar-refractivity contribution in [1.82, 2.24) is 5.32 Å². The summed E-state index contributed by atoms with van der Waals surface area (Å²) in [4.78, 5) is 21.4. The van der Waals surface area contributed by atoms with Crippen LogP contribution in [0.25, 0.3) is 0 Å². The fraction of sp³-hybridized carbons (Fsp3) is 0.750. The van der Waals surface area contributed by atoms with Gasteiger partial charge in [-0.15, -0.1) is 0 Å². The Hall–Kier alpha value is -1.07. The van der Waals surface area contributed by atoms with Gasteiger partial charge in [-0.3, -0.25) is 9.59 Å². The van der Waals surface area contributed by atoms with E-state index in [2.05, 4.69) is 5.32 Å². The number of hydrogen-bond donors (Lipinski definition) is 1. The molecule has 0 aromatic carbocycles. The Bertz CT molecular complexity index is 225. The number of ketones is 1. The first-order valence-corrected chi connectivity index (χ1v) is 4.06. The quantitative estimate of drug-likeness (QED) is 0.761. The molecule has 1 amide bonds. The van der Waals surface area contributed by atoms with Crippen molar-refractivity contribution >= 4 is 11.7 Å². The predicted octanol–water partition coefficient (Wildman–Crippen LogP) is 1.28. The first-order chi connectivity index (χ1) is 6.22. The minimum absolute atomic E-state index is 0.221. The zero-order valence-corrected chi connectivity index (χ0v) is 7.94. The van der Waals surface area contributed by atoms with Gasteiger partial charge in [-0.05, 0) is 6.92 Å². The highest BCUT2D eigenvalue weighted by Crippen LogP contribution is 2.24. The van der Waals surface area contributed by atoms with E-state index in [0.29, 0.717) is 0 Å². The summed E-state index contributed by atoms with van der Waals surface area (Å²) < 4.78 is 35.5. The molecule has 0 aromatic heterocycles. The SMILES string of the molecule is CC(=O)CNC(=O)C(C)CC(F)(F)F. The van der Waals surface area contributed by atoms with E-state index in [1.807, 2.05) is 0 Å². The molecule has 1 unspecified atom stereocenters. The zero-order valence-electron chi connectivity index (χ0n) is 7.94. The highest BCUT2D eigenvalue weighted by molar-refractivity contribution is 5.85. The standard InChI is InChI=1S/C8H12F3NO2/c1-5(3-8(9,10)11)7(14)12-4-6(2)13/h5H,3-4H2,1-2H3,(H,12,14). The van der Waals surface area contributed by atoms with E-state index >= 15 is 0 Å². The van der Waals surface area contributed by atoms with Crippen molar-refractivity contribution in [2.24, 2.45) is 5.92 Å². The number of hydrogen-bond acceptors (Lipinski definition) is 2. The molecule has 14 heavy (non-hydrogen) atoms. The van der Waals surface area contributed by atoms with Crippen LogP contribution in [0.3, 0.4) is 0 Å². The van der Waals surface area contributed by atoms with Gasteiger partial charge in [0.2, 0.25) is 5.91 Å². The molecule has 3 nitrogen and oxygen atoms in total. The Labute approximate surface area is 79.7 Å². The van der Waals surface area contributed by atoms with Gasteiger partial charge in [0.1, 0.15) is 5.78 Å². The maximum absolute atomic E-state index is 11.8. The van der Waals surface area contributed by atoms with Gasteiger partial charge in [0.15, 0.2) is 0 Å². The van der Waals surface area contributed by atoms with Gasteiger partial charge in [-0.25, -0.2) is 0 Å². The van der Waals surface area contributed by atoms with Gasteiger partial charge in [0, 0.05) is 5.92 Å². The summed E-state index contributed by atoms with van der Waals surface area (Å²) >= 11 is 0. The van der Waals surface area contributed by atoms with E-state index < -0.39 is 24.4 Å². The fourth-order valence-electron chi connectivity index (χ4n) is 0.826. The molecule has 6 heteroatoms. The van der Waals surface area contributed by atoms with Crippen LogP contribution in [0.4, 0.5) is 13.2 Å². The van der Waals surface area contributed by atoms with E-state index in [-0.39, 0.29) is 12.3 Å². The van der Waals surface area contributed by atoms with Crippen LogP contribution >= 0.6 is 0 Å². The minimum atomic E-state index is -4.35. The maximum Gasteiger partial charge on any atom is 0.389 e. The first-order valence-electron chi connectivity index (χ1n) is 4.06. The van der Waals surface area contributed by atoms with Gasteiger partial charge in [0.05, 0.1) is 13.0 Å². The van der Waals surface area contributed by atoms with Crippen LogP contribution in [-0.4, -0.2) is 24.4 Å². The summed E-state index contributed by atoms with van der Waals surface area (Å²) in [6.45, 7) is 2.19. The number of carbonyl (C=O) groups excluding carboxylic acids is 2. The Balaban J connectivity index is 3.94. The Morgan fingerprint density at radius 1 is 1.36 bits per heavy atom. The molecule has 0 heterocycles. The normalized spacial score (nSPS) is 13.5. The lowest BCUT2D eigenvalue weighted by atomic mass is 10.1. The van der Waals surface area contributed by atoms with E-state index in [1.165, 1.54) is 13.8 Å². The molecule has 0 bridgehead atoms. The van der Waals surface area contributed by atoms with E-state index in [4.69, 9.17) is 0 Å². The van der Waals surface area contributed by atoms with Crippen molar-refractivity contribution in [3.05, 3.63) is 0 Å². The molecule has 0 saturated carbocycles. The summed E-state index contributed by atoms with van der Waals surface area (Å²) in [7, 11) is 0. The lowest BCUT2D eigenvalue weighted by molar-refractivity contribution is -0.153. The number of amides is 1. The molecule has 1 atom stereocenters. The van der Waals surface area contributed by atoms with Gasteiger partial charge < -0.3 is 5.32 Å². The molecule has 0 spiro atoms. The van der Waals surface area contributed by atoms with Crippen molar-refractivity contribution < 1.29 is 22.8 Å². The second-order valence-electron chi connectivity index (χ2n) is 3.14. The van der Waals surface area contributed by atoms with Gasteiger partial charge in [0.25, 0.3) is 0 Å². The van der Waals surface area contributed by atoms with Crippen LogP contribution in [-0.2, 0) is 9.59 Å². The fourth-order valence-corrected chi connectivity index (χ4v) is 0.826. The predicted molar refractivity (Wildman–Crippen MR) is 43.5 cm³/mol. The molecule has 0 fully saturated rings. The minimum Gasteiger partial charge on any atom is -0.349 e. The zero-order chi connectivity index (χ0) is 11.4. The lowest BCUT2D eigenvalue weighted by Crippen LogP contribution is -2.34. The Morgan fingerprint density at radius 3 is 2.21 bits per heavy atom. The summed E-state index contributed by atoms with van der Waals surface area (Å²) in [6, 6.07) is 0. The summed E-state index contributed by atoms with van der Waals surface area (Å²) in [5.41, 5.74) is 0. The Kier molecular flexibility index (Phi) is 4.59. The molecule has 82 valence electrons. The second-order valence-corrected chi connectivity index (χ2v) is 3.14. The monoisotopic (exact) mass is 211 g/mol. The molecule has 0 rings (SSSR count). The second kappa shape index (κ2) is 4.97. The van der Waals surface area contributed by atoms with Crippen molar-refractivity contribution in [3.8, 4) is 0 Å². The van der Waals surface area contributed by atoms with Crippen LogP contribution in [0.2, 0.25) is 0 Å². The summed E-state index contributed by atoms with van der Waals surface area (Å²) in [5, 5.41) is 2.12. The smallest absolute Gasteiger partial charge is 0.349 e. The van der Waals surface area contributed by atoms with Crippen LogP contribution in [0.15, 0.2) is 0 Å². The molecule has 0 aliphatic carbocycles. The van der Waals surface area contributed by atoms with Crippen LogP contribution in [0, 0.1) is 5.92 Å². The highest BCUT2D eigenvalue weighted by Gasteiger charge is 2.32. The van der Waals surface area contributed by atoms with Gasteiger partial charge in [-0.2, -0.15) is 13.2 Å². The van der Waals surface area contributed by atoms with Gasteiger partial charge >= 0.3 is 6.18 Å². The summed E-state index contributed by atoms with van der Waals surface area (Å²) in [5.74, 6) is -2.20. The largest absolute Gasteiger partial charge is 0.389 e. The van der Waals surface area contributed by atoms with Crippen molar-refractivity contribution in [2.75, 3.05) is 6.54 Å².